The molecule has 0 aliphatic carbocycles. The fourth-order valence-corrected chi connectivity index (χ4v) is 4.11. The van der Waals surface area contributed by atoms with E-state index in [-0.39, 0.29) is 23.0 Å². The highest BCUT2D eigenvalue weighted by molar-refractivity contribution is 6.74. The van der Waals surface area contributed by atoms with E-state index in [2.05, 4.69) is 60.4 Å². The summed E-state index contributed by atoms with van der Waals surface area (Å²) in [5.74, 6) is 0.213. The Morgan fingerprint density at radius 2 is 1.93 bits per heavy atom. The van der Waals surface area contributed by atoms with Gasteiger partial charge in [0.25, 0.3) is 0 Å². The van der Waals surface area contributed by atoms with Gasteiger partial charge in [-0.25, -0.2) is 0 Å². The highest BCUT2D eigenvalue weighted by Crippen LogP contribution is 2.36. The molecule has 27 heavy (non-hydrogen) atoms. The van der Waals surface area contributed by atoms with Crippen molar-refractivity contribution >= 4 is 14.3 Å². The van der Waals surface area contributed by atoms with Crippen molar-refractivity contribution in [3.05, 3.63) is 36.0 Å². The zero-order valence-electron chi connectivity index (χ0n) is 18.6. The lowest BCUT2D eigenvalue weighted by atomic mass is 9.92. The average molecular weight is 393 g/mol. The summed E-state index contributed by atoms with van der Waals surface area (Å²) in [5.41, 5.74) is 2.59. The molecular weight excluding hydrogens is 352 g/mol. The van der Waals surface area contributed by atoms with Crippen LogP contribution in [0.3, 0.4) is 0 Å². The maximum atomic E-state index is 11.8. The molecule has 0 radical (unpaired) electrons. The minimum Gasteiger partial charge on any atom is -0.458 e. The number of carbonyl (C=O) groups excluding carboxylic acids is 1. The number of hydrogen-bond donors (Lipinski definition) is 0. The van der Waals surface area contributed by atoms with Crippen molar-refractivity contribution < 1.29 is 14.0 Å². The summed E-state index contributed by atoms with van der Waals surface area (Å²) in [6.45, 7) is 20.2. The van der Waals surface area contributed by atoms with Gasteiger partial charge in [0.15, 0.2) is 8.32 Å². The van der Waals surface area contributed by atoms with Gasteiger partial charge in [0.05, 0.1) is 6.42 Å². The van der Waals surface area contributed by atoms with Crippen LogP contribution in [0.1, 0.15) is 66.7 Å². The number of carbonyl (C=O) groups is 1. The molecule has 0 aromatic heterocycles. The summed E-state index contributed by atoms with van der Waals surface area (Å²) < 4.78 is 11.8. The van der Waals surface area contributed by atoms with Gasteiger partial charge in [0, 0.05) is 12.5 Å². The van der Waals surface area contributed by atoms with Gasteiger partial charge in [-0.1, -0.05) is 50.6 Å². The van der Waals surface area contributed by atoms with Crippen LogP contribution in [0.25, 0.3) is 0 Å². The molecule has 1 aliphatic rings. The first-order valence-electron chi connectivity index (χ1n) is 10.2. The SMILES string of the molecule is C=C/C=C(\C)CC[C@H]1CC(=O)O[C@@H]1/C=C(\C)CCCO[Si](C)(C)C(C)(C)C. The third-order valence-corrected chi connectivity index (χ3v) is 10.4. The predicted octanol–water partition coefficient (Wildman–Crippen LogP) is 6.58. The van der Waals surface area contributed by atoms with E-state index in [1.54, 1.807) is 0 Å². The molecule has 0 unspecified atom stereocenters. The van der Waals surface area contributed by atoms with Crippen LogP contribution in [0.5, 0.6) is 0 Å². The number of rotatable bonds is 10. The van der Waals surface area contributed by atoms with Crippen LogP contribution in [0, 0.1) is 5.92 Å². The van der Waals surface area contributed by atoms with Gasteiger partial charge >= 0.3 is 5.97 Å². The molecule has 0 saturated carbocycles. The standard InChI is InChI=1S/C23H40O3Si/c1-9-11-18(2)13-14-20-17-22(24)26-21(20)16-19(3)12-10-15-25-27(7,8)23(4,5)6/h9,11,16,20-21H,1,10,12-15,17H2,2-8H3/b18-11+,19-16+/t20-,21+/m0/s1. The Bertz CT molecular complexity index is 567. The normalized spacial score (nSPS) is 22.1. The topological polar surface area (TPSA) is 35.5 Å². The second kappa shape index (κ2) is 10.4. The van der Waals surface area contributed by atoms with E-state index >= 15 is 0 Å². The summed E-state index contributed by atoms with van der Waals surface area (Å²) >= 11 is 0. The molecule has 1 aliphatic heterocycles. The Labute approximate surface area is 168 Å². The minimum absolute atomic E-state index is 0.0688. The molecule has 0 spiro atoms. The van der Waals surface area contributed by atoms with Crippen molar-refractivity contribution in [1.29, 1.82) is 0 Å². The molecule has 4 heteroatoms. The first kappa shape index (κ1) is 23.9. The lowest BCUT2D eigenvalue weighted by Gasteiger charge is -2.36. The highest BCUT2D eigenvalue weighted by Gasteiger charge is 2.37. The van der Waals surface area contributed by atoms with Crippen molar-refractivity contribution in [3.63, 3.8) is 0 Å². The van der Waals surface area contributed by atoms with E-state index < -0.39 is 8.32 Å². The van der Waals surface area contributed by atoms with Gasteiger partial charge in [0.1, 0.15) is 6.10 Å². The number of hydrogen-bond acceptors (Lipinski definition) is 3. The van der Waals surface area contributed by atoms with Gasteiger partial charge in [-0.2, -0.15) is 0 Å². The van der Waals surface area contributed by atoms with Crippen LogP contribution in [-0.4, -0.2) is 27.0 Å². The maximum Gasteiger partial charge on any atom is 0.306 e. The van der Waals surface area contributed by atoms with Crippen LogP contribution in [0.4, 0.5) is 0 Å². The zero-order chi connectivity index (χ0) is 20.7. The predicted molar refractivity (Wildman–Crippen MR) is 117 cm³/mol. The van der Waals surface area contributed by atoms with Crippen molar-refractivity contribution in [2.75, 3.05) is 6.61 Å². The first-order valence-corrected chi connectivity index (χ1v) is 13.2. The van der Waals surface area contributed by atoms with Crippen molar-refractivity contribution in [2.24, 2.45) is 5.92 Å². The third kappa shape index (κ3) is 8.18. The van der Waals surface area contributed by atoms with Crippen LogP contribution >= 0.6 is 0 Å². The molecule has 1 fully saturated rings. The Hall–Kier alpha value is -1.13. The second-order valence-electron chi connectivity index (χ2n) is 9.43. The van der Waals surface area contributed by atoms with Crippen LogP contribution < -0.4 is 0 Å². The second-order valence-corrected chi connectivity index (χ2v) is 14.2. The summed E-state index contributed by atoms with van der Waals surface area (Å²) in [6.07, 6.45) is 10.4. The molecule has 1 heterocycles. The van der Waals surface area contributed by atoms with Gasteiger partial charge in [-0.05, 0) is 63.7 Å². The maximum absolute atomic E-state index is 11.8. The number of ether oxygens (including phenoxy) is 1. The van der Waals surface area contributed by atoms with Gasteiger partial charge in [-0.15, -0.1) is 0 Å². The summed E-state index contributed by atoms with van der Waals surface area (Å²) in [5, 5.41) is 0.251. The van der Waals surface area contributed by atoms with Crippen molar-refractivity contribution in [3.8, 4) is 0 Å². The monoisotopic (exact) mass is 392 g/mol. The molecule has 0 aromatic carbocycles. The fourth-order valence-electron chi connectivity index (χ4n) is 3.02. The van der Waals surface area contributed by atoms with Gasteiger partial charge < -0.3 is 9.16 Å². The Kier molecular flexibility index (Phi) is 9.23. The molecular formula is C23H40O3Si. The molecule has 0 amide bonds. The molecule has 1 rings (SSSR count). The van der Waals surface area contributed by atoms with Gasteiger partial charge in [0.2, 0.25) is 0 Å². The molecule has 154 valence electrons. The number of allylic oxidation sites excluding steroid dienone is 4. The molecule has 3 nitrogen and oxygen atoms in total. The van der Waals surface area contributed by atoms with Crippen molar-refractivity contribution in [2.45, 2.75) is 91.0 Å². The third-order valence-electron chi connectivity index (χ3n) is 5.91. The Morgan fingerprint density at radius 1 is 1.26 bits per heavy atom. The Morgan fingerprint density at radius 3 is 2.52 bits per heavy atom. The van der Waals surface area contributed by atoms with E-state index in [0.29, 0.717) is 6.42 Å². The number of cyclic esters (lactones) is 1. The van der Waals surface area contributed by atoms with Crippen LogP contribution in [0.2, 0.25) is 18.1 Å². The summed E-state index contributed by atoms with van der Waals surface area (Å²) in [6, 6.07) is 0. The van der Waals surface area contributed by atoms with Crippen LogP contribution in [-0.2, 0) is 14.0 Å². The van der Waals surface area contributed by atoms with E-state index in [0.717, 1.165) is 32.3 Å². The summed E-state index contributed by atoms with van der Waals surface area (Å²) in [7, 11) is -1.66. The van der Waals surface area contributed by atoms with Gasteiger partial charge in [-0.3, -0.25) is 4.79 Å². The summed E-state index contributed by atoms with van der Waals surface area (Å²) in [4.78, 5) is 11.8. The lowest BCUT2D eigenvalue weighted by Crippen LogP contribution is -2.40. The molecule has 0 aromatic rings. The smallest absolute Gasteiger partial charge is 0.306 e. The zero-order valence-corrected chi connectivity index (χ0v) is 19.6. The minimum atomic E-state index is -1.66. The molecule has 2 atom stereocenters. The first-order chi connectivity index (χ1) is 12.5. The lowest BCUT2D eigenvalue weighted by molar-refractivity contribution is -0.140. The average Bonchev–Trinajstić information content (AvgIpc) is 2.88. The van der Waals surface area contributed by atoms with E-state index in [1.165, 1.54) is 11.1 Å². The highest BCUT2D eigenvalue weighted by atomic mass is 28.4. The number of esters is 1. The van der Waals surface area contributed by atoms with Crippen LogP contribution in [0.15, 0.2) is 36.0 Å². The Balaban J connectivity index is 2.50. The largest absolute Gasteiger partial charge is 0.458 e. The van der Waals surface area contributed by atoms with E-state index in [1.807, 2.05) is 12.2 Å². The fraction of sp³-hybridized carbons (Fsp3) is 0.696. The molecule has 0 N–H and O–H groups in total. The van der Waals surface area contributed by atoms with E-state index in [4.69, 9.17) is 9.16 Å². The van der Waals surface area contributed by atoms with E-state index in [9.17, 15) is 4.79 Å². The molecule has 1 saturated heterocycles. The molecule has 0 bridgehead atoms. The quantitative estimate of drug-likeness (QED) is 0.138. The van der Waals surface area contributed by atoms with Crippen molar-refractivity contribution in [1.82, 2.24) is 0 Å².